The Morgan fingerprint density at radius 1 is 1.24 bits per heavy atom. The van der Waals surface area contributed by atoms with Crippen molar-refractivity contribution < 1.29 is 14.3 Å². The van der Waals surface area contributed by atoms with Crippen molar-refractivity contribution in [3.63, 3.8) is 0 Å². The number of carbonyl (C=O) groups is 1. The second-order valence-corrected chi connectivity index (χ2v) is 6.06. The summed E-state index contributed by atoms with van der Waals surface area (Å²) in [6, 6.07) is 5.64. The highest BCUT2D eigenvalue weighted by molar-refractivity contribution is 6.03. The number of allylic oxidation sites excluding steroid dienone is 1. The van der Waals surface area contributed by atoms with Crippen molar-refractivity contribution in [2.75, 3.05) is 14.2 Å². The normalized spacial score (nSPS) is 20.9. The van der Waals surface area contributed by atoms with E-state index < -0.39 is 5.54 Å². The van der Waals surface area contributed by atoms with Gasteiger partial charge in [-0.05, 0) is 56.0 Å². The molecule has 0 aliphatic heterocycles. The zero-order valence-corrected chi connectivity index (χ0v) is 13.1. The minimum Gasteiger partial charge on any atom is -0.493 e. The molecule has 2 rings (SSSR count). The third-order valence-electron chi connectivity index (χ3n) is 3.98. The van der Waals surface area contributed by atoms with Crippen molar-refractivity contribution in [1.82, 2.24) is 0 Å². The summed E-state index contributed by atoms with van der Waals surface area (Å²) in [6.07, 6.45) is 3.52. The summed E-state index contributed by atoms with van der Waals surface area (Å²) >= 11 is 0. The zero-order chi connectivity index (χ0) is 15.6. The van der Waals surface area contributed by atoms with Gasteiger partial charge < -0.3 is 15.2 Å². The molecule has 0 amide bonds. The number of ketones is 1. The smallest absolute Gasteiger partial charge is 0.163 e. The maximum atomic E-state index is 12.4. The maximum absolute atomic E-state index is 12.4. The van der Waals surface area contributed by atoms with Crippen molar-refractivity contribution in [1.29, 1.82) is 0 Å². The molecular weight excluding hydrogens is 266 g/mol. The maximum Gasteiger partial charge on any atom is 0.163 e. The SMILES string of the molecule is COc1ccc(/C=C2/CCC(C(C)(C)N)C2=O)cc1OC. The second-order valence-electron chi connectivity index (χ2n) is 6.06. The van der Waals surface area contributed by atoms with Crippen LogP contribution in [0.5, 0.6) is 11.5 Å². The van der Waals surface area contributed by atoms with E-state index in [1.807, 2.05) is 38.1 Å². The molecule has 0 saturated heterocycles. The lowest BCUT2D eigenvalue weighted by atomic mass is 9.86. The molecule has 1 atom stereocenters. The van der Waals surface area contributed by atoms with Crippen LogP contribution < -0.4 is 15.2 Å². The van der Waals surface area contributed by atoms with Gasteiger partial charge >= 0.3 is 0 Å². The van der Waals surface area contributed by atoms with Gasteiger partial charge in [-0.1, -0.05) is 6.07 Å². The molecule has 4 nitrogen and oxygen atoms in total. The Bertz CT molecular complexity index is 570. The van der Waals surface area contributed by atoms with Crippen LogP contribution in [0.25, 0.3) is 6.08 Å². The summed E-state index contributed by atoms with van der Waals surface area (Å²) in [5.74, 6) is 1.41. The van der Waals surface area contributed by atoms with Crippen LogP contribution in [0.2, 0.25) is 0 Å². The summed E-state index contributed by atoms with van der Waals surface area (Å²) in [5.41, 5.74) is 7.39. The molecule has 2 N–H and O–H groups in total. The van der Waals surface area contributed by atoms with Crippen LogP contribution in [0.3, 0.4) is 0 Å². The van der Waals surface area contributed by atoms with Crippen molar-refractivity contribution in [3.05, 3.63) is 29.3 Å². The van der Waals surface area contributed by atoms with E-state index in [0.717, 1.165) is 24.0 Å². The standard InChI is InChI=1S/C17H23NO3/c1-17(2,18)13-7-6-12(16(13)19)9-11-5-8-14(20-3)15(10-11)21-4/h5,8-10,13H,6-7,18H2,1-4H3/b12-9-. The molecule has 0 radical (unpaired) electrons. The molecule has 21 heavy (non-hydrogen) atoms. The third kappa shape index (κ3) is 3.27. The number of benzene rings is 1. The minimum atomic E-state index is -0.468. The van der Waals surface area contributed by atoms with Crippen molar-refractivity contribution >= 4 is 11.9 Å². The highest BCUT2D eigenvalue weighted by Crippen LogP contribution is 2.35. The largest absolute Gasteiger partial charge is 0.493 e. The predicted octanol–water partition coefficient (Wildman–Crippen LogP) is 2.80. The number of methoxy groups -OCH3 is 2. The lowest BCUT2D eigenvalue weighted by Gasteiger charge is -2.24. The first-order chi connectivity index (χ1) is 9.86. The lowest BCUT2D eigenvalue weighted by Crippen LogP contribution is -2.42. The Kier molecular flexibility index (Phi) is 4.37. The van der Waals surface area contributed by atoms with Crippen LogP contribution in [0.4, 0.5) is 0 Å². The van der Waals surface area contributed by atoms with Gasteiger partial charge in [-0.15, -0.1) is 0 Å². The molecule has 1 unspecified atom stereocenters. The lowest BCUT2D eigenvalue weighted by molar-refractivity contribution is -0.119. The van der Waals surface area contributed by atoms with Gasteiger partial charge in [0.2, 0.25) is 0 Å². The van der Waals surface area contributed by atoms with Gasteiger partial charge in [0, 0.05) is 11.5 Å². The van der Waals surface area contributed by atoms with E-state index >= 15 is 0 Å². The minimum absolute atomic E-state index is 0.0936. The van der Waals surface area contributed by atoms with E-state index in [1.165, 1.54) is 0 Å². The molecule has 4 heteroatoms. The van der Waals surface area contributed by atoms with Crippen LogP contribution in [0.15, 0.2) is 23.8 Å². The first-order valence-electron chi connectivity index (χ1n) is 7.12. The predicted molar refractivity (Wildman–Crippen MR) is 83.5 cm³/mol. The molecular formula is C17H23NO3. The van der Waals surface area contributed by atoms with E-state index in [4.69, 9.17) is 15.2 Å². The van der Waals surface area contributed by atoms with Crippen LogP contribution in [-0.2, 0) is 4.79 Å². The van der Waals surface area contributed by atoms with Crippen LogP contribution in [0.1, 0.15) is 32.3 Å². The van der Waals surface area contributed by atoms with E-state index in [1.54, 1.807) is 14.2 Å². The molecule has 1 aromatic rings. The Hall–Kier alpha value is -1.81. The van der Waals surface area contributed by atoms with E-state index in [0.29, 0.717) is 11.5 Å². The summed E-state index contributed by atoms with van der Waals surface area (Å²) in [7, 11) is 3.20. The third-order valence-corrected chi connectivity index (χ3v) is 3.98. The Balaban J connectivity index is 2.27. The Labute approximate surface area is 125 Å². The fourth-order valence-corrected chi connectivity index (χ4v) is 2.77. The Morgan fingerprint density at radius 3 is 2.43 bits per heavy atom. The monoisotopic (exact) mass is 289 g/mol. The number of rotatable bonds is 4. The number of carbonyl (C=O) groups excluding carboxylic acids is 1. The molecule has 1 saturated carbocycles. The number of hydrogen-bond donors (Lipinski definition) is 1. The molecule has 1 aliphatic rings. The molecule has 0 spiro atoms. The fraction of sp³-hybridized carbons (Fsp3) is 0.471. The van der Waals surface area contributed by atoms with Gasteiger partial charge in [0.25, 0.3) is 0 Å². The summed E-state index contributed by atoms with van der Waals surface area (Å²) in [5, 5.41) is 0. The molecule has 114 valence electrons. The Morgan fingerprint density at radius 2 is 1.90 bits per heavy atom. The molecule has 1 aliphatic carbocycles. The van der Waals surface area contributed by atoms with Crippen molar-refractivity contribution in [3.8, 4) is 11.5 Å². The topological polar surface area (TPSA) is 61.5 Å². The van der Waals surface area contributed by atoms with E-state index in [2.05, 4.69) is 0 Å². The van der Waals surface area contributed by atoms with Gasteiger partial charge in [-0.2, -0.15) is 0 Å². The number of Topliss-reactive ketones (excluding diaryl/α,β-unsaturated/α-hetero) is 1. The number of ether oxygens (including phenoxy) is 2. The van der Waals surface area contributed by atoms with Crippen molar-refractivity contribution in [2.24, 2.45) is 11.7 Å². The first-order valence-corrected chi connectivity index (χ1v) is 7.12. The quantitative estimate of drug-likeness (QED) is 0.866. The van der Waals surface area contributed by atoms with Crippen LogP contribution in [-0.4, -0.2) is 25.5 Å². The van der Waals surface area contributed by atoms with E-state index in [-0.39, 0.29) is 11.7 Å². The average molecular weight is 289 g/mol. The van der Waals surface area contributed by atoms with Gasteiger partial charge in [0.05, 0.1) is 14.2 Å². The zero-order valence-electron chi connectivity index (χ0n) is 13.1. The van der Waals surface area contributed by atoms with E-state index in [9.17, 15) is 4.79 Å². The molecule has 0 bridgehead atoms. The molecule has 0 heterocycles. The highest BCUT2D eigenvalue weighted by Gasteiger charge is 2.37. The van der Waals surface area contributed by atoms with Gasteiger partial charge in [0.1, 0.15) is 0 Å². The van der Waals surface area contributed by atoms with Crippen molar-refractivity contribution in [2.45, 2.75) is 32.2 Å². The summed E-state index contributed by atoms with van der Waals surface area (Å²) in [4.78, 5) is 12.4. The molecule has 0 aromatic heterocycles. The number of nitrogens with two attached hydrogens (primary N) is 1. The fourth-order valence-electron chi connectivity index (χ4n) is 2.77. The summed E-state index contributed by atoms with van der Waals surface area (Å²) < 4.78 is 10.5. The number of hydrogen-bond acceptors (Lipinski definition) is 4. The first kappa shape index (κ1) is 15.6. The second kappa shape index (κ2) is 5.90. The molecule has 1 fully saturated rings. The highest BCUT2D eigenvalue weighted by atomic mass is 16.5. The van der Waals surface area contributed by atoms with Crippen LogP contribution in [0, 0.1) is 5.92 Å². The van der Waals surface area contributed by atoms with Crippen LogP contribution >= 0.6 is 0 Å². The van der Waals surface area contributed by atoms with Gasteiger partial charge in [0.15, 0.2) is 17.3 Å². The van der Waals surface area contributed by atoms with Gasteiger partial charge in [-0.25, -0.2) is 0 Å². The molecule has 1 aromatic carbocycles. The average Bonchev–Trinajstić information content (AvgIpc) is 2.80. The van der Waals surface area contributed by atoms with Gasteiger partial charge in [-0.3, -0.25) is 4.79 Å². The summed E-state index contributed by atoms with van der Waals surface area (Å²) in [6.45, 7) is 3.82.